The van der Waals surface area contributed by atoms with Crippen LogP contribution in [0.3, 0.4) is 0 Å². The number of hydrogen-bond donors (Lipinski definition) is 2. The number of primary amides is 1. The first-order chi connectivity index (χ1) is 9.54. The molecule has 2 amide bonds. The molecule has 2 rings (SSSR count). The highest BCUT2D eigenvalue weighted by Gasteiger charge is 2.23. The lowest BCUT2D eigenvalue weighted by atomic mass is 9.93. The van der Waals surface area contributed by atoms with Crippen molar-refractivity contribution < 1.29 is 9.59 Å². The Labute approximate surface area is 118 Å². The lowest BCUT2D eigenvalue weighted by Gasteiger charge is -2.31. The lowest BCUT2D eigenvalue weighted by molar-refractivity contribution is -0.131. The summed E-state index contributed by atoms with van der Waals surface area (Å²) in [5.41, 5.74) is 12.5. The number of rotatable bonds is 4. The molecule has 0 atom stereocenters. The Bertz CT molecular complexity index is 494. The highest BCUT2D eigenvalue weighted by atomic mass is 16.2. The number of likely N-dealkylation sites (tertiary alicyclic amines) is 1. The molecule has 0 saturated carbocycles. The van der Waals surface area contributed by atoms with Crippen LogP contribution in [0.25, 0.3) is 0 Å². The number of nitrogen functional groups attached to an aromatic ring is 1. The number of benzene rings is 1. The Morgan fingerprint density at radius 2 is 1.95 bits per heavy atom. The van der Waals surface area contributed by atoms with Crippen molar-refractivity contribution in [1.82, 2.24) is 4.90 Å². The van der Waals surface area contributed by atoms with Gasteiger partial charge in [-0.2, -0.15) is 0 Å². The number of carbonyl (C=O) groups excluding carboxylic acids is 2. The lowest BCUT2D eigenvalue weighted by Crippen LogP contribution is -2.40. The minimum Gasteiger partial charge on any atom is -0.399 e. The van der Waals surface area contributed by atoms with E-state index in [4.69, 9.17) is 11.5 Å². The maximum absolute atomic E-state index is 12.2. The van der Waals surface area contributed by atoms with Crippen LogP contribution in [0.5, 0.6) is 0 Å². The Hall–Kier alpha value is -2.04. The van der Waals surface area contributed by atoms with E-state index >= 15 is 0 Å². The molecule has 1 saturated heterocycles. The average molecular weight is 275 g/mol. The minimum absolute atomic E-state index is 0.119. The molecule has 20 heavy (non-hydrogen) atoms. The summed E-state index contributed by atoms with van der Waals surface area (Å²) in [4.78, 5) is 24.9. The second kappa shape index (κ2) is 6.41. The fourth-order valence-electron chi connectivity index (χ4n) is 2.66. The SMILES string of the molecule is NC(=O)CC1CCN(C(=O)Cc2cccc(N)c2)CC1. The summed E-state index contributed by atoms with van der Waals surface area (Å²) in [6.45, 7) is 1.41. The van der Waals surface area contributed by atoms with Gasteiger partial charge in [-0.05, 0) is 36.5 Å². The van der Waals surface area contributed by atoms with E-state index in [0.29, 0.717) is 37.5 Å². The van der Waals surface area contributed by atoms with Crippen molar-refractivity contribution in [2.24, 2.45) is 11.7 Å². The zero-order valence-electron chi connectivity index (χ0n) is 11.5. The standard InChI is InChI=1S/C15H21N3O2/c16-13-3-1-2-12(8-13)10-15(20)18-6-4-11(5-7-18)9-14(17)19/h1-3,8,11H,4-7,9-10,16H2,(H2,17,19). The molecule has 0 radical (unpaired) electrons. The van der Waals surface area contributed by atoms with E-state index in [2.05, 4.69) is 0 Å². The molecule has 1 heterocycles. The predicted octanol–water partition coefficient (Wildman–Crippen LogP) is 0.925. The molecule has 0 bridgehead atoms. The molecule has 1 fully saturated rings. The Balaban J connectivity index is 1.84. The zero-order chi connectivity index (χ0) is 14.5. The molecule has 1 aromatic rings. The maximum atomic E-state index is 12.2. The van der Waals surface area contributed by atoms with Crippen molar-refractivity contribution in [3.8, 4) is 0 Å². The molecule has 1 aliphatic heterocycles. The molecule has 4 N–H and O–H groups in total. The minimum atomic E-state index is -0.255. The van der Waals surface area contributed by atoms with E-state index in [0.717, 1.165) is 18.4 Å². The van der Waals surface area contributed by atoms with Crippen molar-refractivity contribution in [2.45, 2.75) is 25.7 Å². The van der Waals surface area contributed by atoms with Crippen molar-refractivity contribution in [3.05, 3.63) is 29.8 Å². The van der Waals surface area contributed by atoms with E-state index < -0.39 is 0 Å². The topological polar surface area (TPSA) is 89.4 Å². The fourth-order valence-corrected chi connectivity index (χ4v) is 2.66. The van der Waals surface area contributed by atoms with Crippen LogP contribution < -0.4 is 11.5 Å². The molecule has 5 nitrogen and oxygen atoms in total. The largest absolute Gasteiger partial charge is 0.399 e. The quantitative estimate of drug-likeness (QED) is 0.801. The zero-order valence-corrected chi connectivity index (χ0v) is 11.5. The number of anilines is 1. The molecule has 0 aromatic heterocycles. The van der Waals surface area contributed by atoms with Crippen LogP contribution in [0.15, 0.2) is 24.3 Å². The highest BCUT2D eigenvalue weighted by molar-refractivity contribution is 5.79. The Morgan fingerprint density at radius 3 is 2.55 bits per heavy atom. The number of carbonyl (C=O) groups is 2. The first-order valence-corrected chi connectivity index (χ1v) is 6.95. The van der Waals surface area contributed by atoms with Crippen LogP contribution in [-0.2, 0) is 16.0 Å². The normalized spacial score (nSPS) is 16.1. The van der Waals surface area contributed by atoms with Gasteiger partial charge in [0.1, 0.15) is 0 Å². The molecular weight excluding hydrogens is 254 g/mol. The van der Waals surface area contributed by atoms with E-state index in [1.165, 1.54) is 0 Å². The van der Waals surface area contributed by atoms with E-state index in [9.17, 15) is 9.59 Å². The van der Waals surface area contributed by atoms with Gasteiger partial charge in [-0.15, -0.1) is 0 Å². The van der Waals surface area contributed by atoms with Crippen LogP contribution in [0.1, 0.15) is 24.8 Å². The summed E-state index contributed by atoms with van der Waals surface area (Å²) in [5, 5.41) is 0. The van der Waals surface area contributed by atoms with Gasteiger partial charge in [0, 0.05) is 25.2 Å². The summed E-state index contributed by atoms with van der Waals surface area (Å²) >= 11 is 0. The van der Waals surface area contributed by atoms with E-state index in [1.54, 1.807) is 0 Å². The molecule has 1 aromatic carbocycles. The Morgan fingerprint density at radius 1 is 1.25 bits per heavy atom. The first kappa shape index (κ1) is 14.4. The predicted molar refractivity (Wildman–Crippen MR) is 77.7 cm³/mol. The van der Waals surface area contributed by atoms with Crippen LogP contribution in [0.4, 0.5) is 5.69 Å². The van der Waals surface area contributed by atoms with Gasteiger partial charge in [-0.25, -0.2) is 0 Å². The third-order valence-corrected chi connectivity index (χ3v) is 3.76. The van der Waals surface area contributed by atoms with Crippen LogP contribution in [-0.4, -0.2) is 29.8 Å². The average Bonchev–Trinajstić information content (AvgIpc) is 2.38. The van der Waals surface area contributed by atoms with Gasteiger partial charge in [-0.1, -0.05) is 12.1 Å². The van der Waals surface area contributed by atoms with E-state index in [1.807, 2.05) is 29.2 Å². The second-order valence-electron chi connectivity index (χ2n) is 5.42. The van der Waals surface area contributed by atoms with Gasteiger partial charge in [0.05, 0.1) is 6.42 Å². The summed E-state index contributed by atoms with van der Waals surface area (Å²) in [6.07, 6.45) is 2.51. The van der Waals surface area contributed by atoms with Crippen LogP contribution in [0.2, 0.25) is 0 Å². The fraction of sp³-hybridized carbons (Fsp3) is 0.467. The molecule has 1 aliphatic rings. The maximum Gasteiger partial charge on any atom is 0.226 e. The molecular formula is C15H21N3O2. The molecule has 108 valence electrons. The number of amides is 2. The second-order valence-corrected chi connectivity index (χ2v) is 5.42. The summed E-state index contributed by atoms with van der Waals surface area (Å²) in [7, 11) is 0. The van der Waals surface area contributed by atoms with Crippen molar-refractivity contribution in [3.63, 3.8) is 0 Å². The van der Waals surface area contributed by atoms with Gasteiger partial charge < -0.3 is 16.4 Å². The number of hydrogen-bond acceptors (Lipinski definition) is 3. The third kappa shape index (κ3) is 3.98. The third-order valence-electron chi connectivity index (χ3n) is 3.76. The highest BCUT2D eigenvalue weighted by Crippen LogP contribution is 2.21. The molecule has 0 spiro atoms. The van der Waals surface area contributed by atoms with Crippen LogP contribution >= 0.6 is 0 Å². The van der Waals surface area contributed by atoms with Crippen molar-refractivity contribution >= 4 is 17.5 Å². The molecule has 5 heteroatoms. The summed E-state index contributed by atoms with van der Waals surface area (Å²) in [6, 6.07) is 7.41. The van der Waals surface area contributed by atoms with E-state index in [-0.39, 0.29) is 11.8 Å². The first-order valence-electron chi connectivity index (χ1n) is 6.95. The van der Waals surface area contributed by atoms with Crippen LogP contribution in [0, 0.1) is 5.92 Å². The summed E-state index contributed by atoms with van der Waals surface area (Å²) in [5.74, 6) is 0.187. The number of piperidine rings is 1. The smallest absolute Gasteiger partial charge is 0.226 e. The van der Waals surface area contributed by atoms with Gasteiger partial charge in [-0.3, -0.25) is 9.59 Å². The number of nitrogens with zero attached hydrogens (tertiary/aromatic N) is 1. The summed E-state index contributed by atoms with van der Waals surface area (Å²) < 4.78 is 0. The van der Waals surface area contributed by atoms with Gasteiger partial charge in [0.25, 0.3) is 0 Å². The van der Waals surface area contributed by atoms with Gasteiger partial charge >= 0.3 is 0 Å². The van der Waals surface area contributed by atoms with Crippen molar-refractivity contribution in [1.29, 1.82) is 0 Å². The molecule has 0 unspecified atom stereocenters. The van der Waals surface area contributed by atoms with Crippen molar-refractivity contribution in [2.75, 3.05) is 18.8 Å². The Kier molecular flexibility index (Phi) is 4.61. The van der Waals surface area contributed by atoms with Gasteiger partial charge in [0.15, 0.2) is 0 Å². The monoisotopic (exact) mass is 275 g/mol. The number of nitrogens with two attached hydrogens (primary N) is 2. The molecule has 0 aliphatic carbocycles. The van der Waals surface area contributed by atoms with Gasteiger partial charge in [0.2, 0.25) is 11.8 Å².